The number of hydrogen-bond donors (Lipinski definition) is 1. The van der Waals surface area contributed by atoms with Gasteiger partial charge < -0.3 is 10.1 Å². The van der Waals surface area contributed by atoms with E-state index in [0.717, 1.165) is 17.0 Å². The van der Waals surface area contributed by atoms with Crippen LogP contribution in [0.5, 0.6) is 0 Å². The number of benzene rings is 1. The molecule has 1 atom stereocenters. The highest BCUT2D eigenvalue weighted by Crippen LogP contribution is 2.27. The third-order valence-electron chi connectivity index (χ3n) is 4.08. The number of rotatable bonds is 9. The van der Waals surface area contributed by atoms with Crippen LogP contribution in [0.3, 0.4) is 0 Å². The van der Waals surface area contributed by atoms with Gasteiger partial charge in [-0.25, -0.2) is 0 Å². The van der Waals surface area contributed by atoms with Gasteiger partial charge in [-0.2, -0.15) is 0 Å². The number of hydrogen-bond acceptors (Lipinski definition) is 6. The van der Waals surface area contributed by atoms with E-state index in [1.54, 1.807) is 19.5 Å². The molecule has 0 saturated heterocycles. The van der Waals surface area contributed by atoms with Crippen LogP contribution in [0.15, 0.2) is 60.0 Å². The molecule has 0 aliphatic carbocycles. The number of methoxy groups -OCH3 is 1. The number of nitrogens with zero attached hydrogens (tertiary/aromatic N) is 4. The van der Waals surface area contributed by atoms with Crippen molar-refractivity contribution >= 4 is 17.7 Å². The summed E-state index contributed by atoms with van der Waals surface area (Å²) in [6, 6.07) is 13.9. The summed E-state index contributed by atoms with van der Waals surface area (Å²) >= 11 is 1.39. The lowest BCUT2D eigenvalue weighted by Gasteiger charge is -2.14. The molecule has 0 unspecified atom stereocenters. The second-order valence-corrected chi connectivity index (χ2v) is 7.47. The van der Waals surface area contributed by atoms with Gasteiger partial charge in [-0.15, -0.1) is 10.2 Å². The summed E-state index contributed by atoms with van der Waals surface area (Å²) < 4.78 is 7.00. The van der Waals surface area contributed by atoms with Crippen molar-refractivity contribution in [3.63, 3.8) is 0 Å². The zero-order valence-electron chi connectivity index (χ0n) is 15.9. The number of ether oxygens (including phenoxy) is 1. The third-order valence-corrected chi connectivity index (χ3v) is 5.16. The van der Waals surface area contributed by atoms with E-state index in [1.807, 2.05) is 41.8 Å². The fourth-order valence-electron chi connectivity index (χ4n) is 2.62. The number of amides is 1. The van der Waals surface area contributed by atoms with Crippen LogP contribution in [0.1, 0.15) is 12.5 Å². The molecule has 0 aliphatic rings. The summed E-state index contributed by atoms with van der Waals surface area (Å²) in [7, 11) is 1.61. The number of aromatic nitrogens is 4. The zero-order chi connectivity index (χ0) is 19.8. The predicted octanol–water partition coefficient (Wildman–Crippen LogP) is 2.63. The molecule has 0 aliphatic heterocycles. The highest BCUT2D eigenvalue weighted by Gasteiger charge is 2.21. The van der Waals surface area contributed by atoms with E-state index in [0.29, 0.717) is 24.9 Å². The van der Waals surface area contributed by atoms with Crippen LogP contribution in [0.25, 0.3) is 11.4 Å². The van der Waals surface area contributed by atoms with E-state index in [4.69, 9.17) is 4.74 Å². The summed E-state index contributed by atoms with van der Waals surface area (Å²) in [6.45, 7) is 3.44. The first-order chi connectivity index (χ1) is 13.7. The van der Waals surface area contributed by atoms with Crippen molar-refractivity contribution in [2.75, 3.05) is 20.3 Å². The summed E-state index contributed by atoms with van der Waals surface area (Å²) in [4.78, 5) is 16.5. The first-order valence-electron chi connectivity index (χ1n) is 9.00. The van der Waals surface area contributed by atoms with Crippen molar-refractivity contribution in [1.29, 1.82) is 0 Å². The molecule has 3 rings (SSSR count). The second-order valence-electron chi connectivity index (χ2n) is 6.16. The minimum atomic E-state index is -0.308. The Kier molecular flexibility index (Phi) is 7.16. The van der Waals surface area contributed by atoms with Crippen molar-refractivity contribution in [2.24, 2.45) is 0 Å². The molecule has 2 aromatic heterocycles. The van der Waals surface area contributed by atoms with Crippen molar-refractivity contribution in [1.82, 2.24) is 25.1 Å². The van der Waals surface area contributed by atoms with Crippen molar-refractivity contribution in [3.8, 4) is 11.4 Å². The number of pyridine rings is 1. The number of nitrogens with one attached hydrogen (secondary N) is 1. The van der Waals surface area contributed by atoms with Gasteiger partial charge in [0.05, 0.1) is 18.4 Å². The molecule has 8 heteroatoms. The van der Waals surface area contributed by atoms with Gasteiger partial charge >= 0.3 is 0 Å². The fraction of sp³-hybridized carbons (Fsp3) is 0.300. The van der Waals surface area contributed by atoms with Gasteiger partial charge in [0.15, 0.2) is 11.0 Å². The van der Waals surface area contributed by atoms with Crippen molar-refractivity contribution < 1.29 is 9.53 Å². The summed E-state index contributed by atoms with van der Waals surface area (Å²) in [5, 5.41) is 12.0. The van der Waals surface area contributed by atoms with Gasteiger partial charge in [0.1, 0.15) is 0 Å². The summed E-state index contributed by atoms with van der Waals surface area (Å²) in [5.41, 5.74) is 2.02. The van der Waals surface area contributed by atoms with Gasteiger partial charge in [0, 0.05) is 31.6 Å². The maximum absolute atomic E-state index is 12.3. The van der Waals surface area contributed by atoms with Gasteiger partial charge in [-0.3, -0.25) is 14.3 Å². The van der Waals surface area contributed by atoms with Gasteiger partial charge in [0.2, 0.25) is 5.91 Å². The maximum atomic E-state index is 12.3. The Balaban J connectivity index is 1.84. The smallest absolute Gasteiger partial charge is 0.233 e. The molecule has 146 valence electrons. The molecular weight excluding hydrogens is 374 g/mol. The monoisotopic (exact) mass is 397 g/mol. The van der Waals surface area contributed by atoms with Gasteiger partial charge in [0.25, 0.3) is 0 Å². The number of thioether (sulfide) groups is 1. The van der Waals surface area contributed by atoms with Crippen LogP contribution in [0.4, 0.5) is 0 Å². The highest BCUT2D eigenvalue weighted by molar-refractivity contribution is 8.00. The molecule has 0 spiro atoms. The quantitative estimate of drug-likeness (QED) is 0.442. The predicted molar refractivity (Wildman–Crippen MR) is 109 cm³/mol. The van der Waals surface area contributed by atoms with Crippen molar-refractivity contribution in [2.45, 2.75) is 23.9 Å². The molecule has 0 saturated carbocycles. The van der Waals surface area contributed by atoms with E-state index >= 15 is 0 Å². The van der Waals surface area contributed by atoms with Crippen LogP contribution in [-0.2, 0) is 16.1 Å². The minimum absolute atomic E-state index is 0.0563. The molecular formula is C20H23N5O2S. The van der Waals surface area contributed by atoms with E-state index < -0.39 is 0 Å². The van der Waals surface area contributed by atoms with Crippen molar-refractivity contribution in [3.05, 3.63) is 60.4 Å². The molecule has 7 nitrogen and oxygen atoms in total. The normalized spacial score (nSPS) is 11.9. The van der Waals surface area contributed by atoms with Crippen LogP contribution in [0.2, 0.25) is 0 Å². The van der Waals surface area contributed by atoms with Crippen LogP contribution < -0.4 is 5.32 Å². The summed E-state index contributed by atoms with van der Waals surface area (Å²) in [5.74, 6) is 0.672. The van der Waals surface area contributed by atoms with Crippen LogP contribution in [-0.4, -0.2) is 51.2 Å². The van der Waals surface area contributed by atoms with Gasteiger partial charge in [-0.05, 0) is 24.6 Å². The number of carbonyl (C=O) groups is 1. The molecule has 1 N–H and O–H groups in total. The molecule has 1 amide bonds. The topological polar surface area (TPSA) is 81.9 Å². The molecule has 0 fully saturated rings. The Morgan fingerprint density at radius 2 is 2.04 bits per heavy atom. The van der Waals surface area contributed by atoms with E-state index in [2.05, 4.69) is 32.6 Å². The standard InChI is InChI=1S/C20H23N5O2S/c1-15(19(26)22-11-12-27-2)28-20-24-23-18(17-9-6-10-21-13-17)25(20)14-16-7-4-3-5-8-16/h3-10,13,15H,11-12,14H2,1-2H3,(H,22,26)/t15-/m1/s1. The average Bonchev–Trinajstić information content (AvgIpc) is 3.11. The zero-order valence-corrected chi connectivity index (χ0v) is 16.7. The minimum Gasteiger partial charge on any atom is -0.383 e. The molecule has 28 heavy (non-hydrogen) atoms. The Morgan fingerprint density at radius 1 is 1.21 bits per heavy atom. The lowest BCUT2D eigenvalue weighted by Crippen LogP contribution is -2.33. The van der Waals surface area contributed by atoms with E-state index in [9.17, 15) is 4.79 Å². The van der Waals surface area contributed by atoms with E-state index in [-0.39, 0.29) is 11.2 Å². The molecule has 0 radical (unpaired) electrons. The lowest BCUT2D eigenvalue weighted by molar-refractivity contribution is -0.120. The molecule has 0 bridgehead atoms. The fourth-order valence-corrected chi connectivity index (χ4v) is 3.50. The first kappa shape index (κ1) is 20.0. The highest BCUT2D eigenvalue weighted by atomic mass is 32.2. The second kappa shape index (κ2) is 10.0. The SMILES string of the molecule is COCCNC(=O)[C@@H](C)Sc1nnc(-c2cccnc2)n1Cc1ccccc1. The maximum Gasteiger partial charge on any atom is 0.233 e. The Morgan fingerprint density at radius 3 is 2.75 bits per heavy atom. The largest absolute Gasteiger partial charge is 0.383 e. The third kappa shape index (κ3) is 5.17. The summed E-state index contributed by atoms with van der Waals surface area (Å²) in [6.07, 6.45) is 3.49. The Hall–Kier alpha value is -2.71. The van der Waals surface area contributed by atoms with E-state index in [1.165, 1.54) is 11.8 Å². The van der Waals surface area contributed by atoms with Crippen LogP contribution >= 0.6 is 11.8 Å². The lowest BCUT2D eigenvalue weighted by atomic mass is 10.2. The first-order valence-corrected chi connectivity index (χ1v) is 9.88. The molecule has 2 heterocycles. The average molecular weight is 398 g/mol. The molecule has 1 aromatic carbocycles. The van der Waals surface area contributed by atoms with Gasteiger partial charge in [-0.1, -0.05) is 42.1 Å². The number of carbonyl (C=O) groups excluding carboxylic acids is 1. The Bertz CT molecular complexity index is 886. The molecule has 3 aromatic rings. The van der Waals surface area contributed by atoms with Crippen LogP contribution in [0, 0.1) is 0 Å². The Labute approximate surface area is 168 Å².